The van der Waals surface area contributed by atoms with E-state index in [1.807, 2.05) is 49.7 Å². The van der Waals surface area contributed by atoms with E-state index in [-0.39, 0.29) is 0 Å². The minimum absolute atomic E-state index is 0.535. The average Bonchev–Trinajstić information content (AvgIpc) is 3.16. The SMILES string of the molecule is CP(C)(=O)Cc1ccc(Cc2cnc3nnn(Cc4ccc5ncccc5c4)c3n2)cc1. The van der Waals surface area contributed by atoms with Crippen LogP contribution in [-0.2, 0) is 23.7 Å². The number of hydrogen-bond donors (Lipinski definition) is 0. The van der Waals surface area contributed by atoms with Gasteiger partial charge in [-0.25, -0.2) is 14.6 Å². The number of nitrogens with zero attached hydrogens (tertiary/aromatic N) is 6. The highest BCUT2D eigenvalue weighted by molar-refractivity contribution is 7.61. The lowest BCUT2D eigenvalue weighted by molar-refractivity contribution is 0.582. The third-order valence-electron chi connectivity index (χ3n) is 5.25. The molecular weight excluding hydrogens is 419 g/mol. The van der Waals surface area contributed by atoms with Crippen LogP contribution in [0.5, 0.6) is 0 Å². The molecule has 0 bridgehead atoms. The molecule has 2 aromatic carbocycles. The Labute approximate surface area is 185 Å². The fourth-order valence-electron chi connectivity index (χ4n) is 3.79. The van der Waals surface area contributed by atoms with Crippen LogP contribution in [0, 0.1) is 0 Å². The zero-order chi connectivity index (χ0) is 22.1. The maximum atomic E-state index is 12.1. The fourth-order valence-corrected chi connectivity index (χ4v) is 4.88. The summed E-state index contributed by atoms with van der Waals surface area (Å²) in [6, 6.07) is 18.4. The van der Waals surface area contributed by atoms with Crippen molar-refractivity contribution in [2.45, 2.75) is 19.1 Å². The van der Waals surface area contributed by atoms with Gasteiger partial charge in [0.1, 0.15) is 0 Å². The molecule has 8 heteroatoms. The molecule has 5 rings (SSSR count). The van der Waals surface area contributed by atoms with Crippen LogP contribution < -0.4 is 0 Å². The van der Waals surface area contributed by atoms with Gasteiger partial charge in [0.25, 0.3) is 0 Å². The van der Waals surface area contributed by atoms with E-state index in [9.17, 15) is 4.57 Å². The van der Waals surface area contributed by atoms with Crippen molar-refractivity contribution in [3.8, 4) is 0 Å². The van der Waals surface area contributed by atoms with Crippen LogP contribution in [0.4, 0.5) is 0 Å². The molecule has 7 nitrogen and oxygen atoms in total. The second kappa shape index (κ2) is 8.24. The van der Waals surface area contributed by atoms with Gasteiger partial charge in [-0.2, -0.15) is 0 Å². The summed E-state index contributed by atoms with van der Waals surface area (Å²) in [5.41, 5.74) is 6.35. The Morgan fingerprint density at radius 1 is 0.938 bits per heavy atom. The second-order valence-corrected chi connectivity index (χ2v) is 12.0. The molecule has 0 aliphatic carbocycles. The van der Waals surface area contributed by atoms with Gasteiger partial charge >= 0.3 is 0 Å². The van der Waals surface area contributed by atoms with Crippen LogP contribution in [0.1, 0.15) is 22.4 Å². The molecule has 5 aromatic rings. The second-order valence-electron chi connectivity index (χ2n) is 8.51. The van der Waals surface area contributed by atoms with Gasteiger partial charge in [-0.3, -0.25) is 4.98 Å². The predicted molar refractivity (Wildman–Crippen MR) is 126 cm³/mol. The van der Waals surface area contributed by atoms with Gasteiger partial charge in [-0.15, -0.1) is 5.10 Å². The molecule has 0 saturated carbocycles. The Bertz CT molecular complexity index is 1450. The van der Waals surface area contributed by atoms with Crippen molar-refractivity contribution in [2.24, 2.45) is 0 Å². The zero-order valence-corrected chi connectivity index (χ0v) is 18.9. The Morgan fingerprint density at radius 3 is 2.53 bits per heavy atom. The minimum Gasteiger partial charge on any atom is -0.324 e. The van der Waals surface area contributed by atoms with Crippen molar-refractivity contribution >= 4 is 29.3 Å². The van der Waals surface area contributed by atoms with Crippen molar-refractivity contribution in [1.82, 2.24) is 29.9 Å². The van der Waals surface area contributed by atoms with Gasteiger partial charge in [0.05, 0.1) is 31.1 Å². The molecule has 160 valence electrons. The third kappa shape index (κ3) is 4.58. The Hall–Kier alpha value is -3.44. The number of benzene rings is 2. The molecular formula is C24H23N6OP. The Morgan fingerprint density at radius 2 is 1.72 bits per heavy atom. The van der Waals surface area contributed by atoms with Gasteiger partial charge in [-0.05, 0) is 48.2 Å². The normalized spacial score (nSPS) is 11.9. The Kier molecular flexibility index (Phi) is 5.27. The van der Waals surface area contributed by atoms with Crippen LogP contribution in [0.15, 0.2) is 67.0 Å². The highest BCUT2D eigenvalue weighted by Crippen LogP contribution is 2.40. The first kappa shape index (κ1) is 20.5. The zero-order valence-electron chi connectivity index (χ0n) is 18.0. The largest absolute Gasteiger partial charge is 0.324 e. The summed E-state index contributed by atoms with van der Waals surface area (Å²) in [6.07, 6.45) is 4.83. The average molecular weight is 442 g/mol. The molecule has 0 N–H and O–H groups in total. The van der Waals surface area contributed by atoms with Crippen LogP contribution in [-0.4, -0.2) is 43.3 Å². The van der Waals surface area contributed by atoms with Crippen molar-refractivity contribution < 1.29 is 4.57 Å². The number of rotatable bonds is 6. The number of pyridine rings is 1. The van der Waals surface area contributed by atoms with Crippen molar-refractivity contribution in [3.05, 3.63) is 89.4 Å². The lowest BCUT2D eigenvalue weighted by atomic mass is 10.1. The Balaban J connectivity index is 1.38. The first-order valence-electron chi connectivity index (χ1n) is 10.4. The van der Waals surface area contributed by atoms with Gasteiger partial charge in [0.15, 0.2) is 5.65 Å². The van der Waals surface area contributed by atoms with E-state index in [1.165, 1.54) is 0 Å². The summed E-state index contributed by atoms with van der Waals surface area (Å²) in [6.45, 7) is 4.19. The van der Waals surface area contributed by atoms with E-state index in [2.05, 4.69) is 38.5 Å². The third-order valence-corrected chi connectivity index (χ3v) is 6.38. The van der Waals surface area contributed by atoms with E-state index in [0.717, 1.165) is 33.3 Å². The van der Waals surface area contributed by atoms with Gasteiger partial charge in [0.2, 0.25) is 5.65 Å². The van der Waals surface area contributed by atoms with Crippen LogP contribution >= 0.6 is 7.14 Å². The number of hydrogen-bond acceptors (Lipinski definition) is 6. The molecule has 0 amide bonds. The molecule has 0 radical (unpaired) electrons. The van der Waals surface area contributed by atoms with Crippen molar-refractivity contribution in [1.29, 1.82) is 0 Å². The summed E-state index contributed by atoms with van der Waals surface area (Å²) in [7, 11) is -2.08. The van der Waals surface area contributed by atoms with Gasteiger partial charge in [0, 0.05) is 24.2 Å². The predicted octanol–water partition coefficient (Wildman–Crippen LogP) is 4.53. The lowest BCUT2D eigenvalue weighted by Crippen LogP contribution is -2.04. The molecule has 0 saturated heterocycles. The number of fused-ring (bicyclic) bond motifs is 2. The molecule has 32 heavy (non-hydrogen) atoms. The monoisotopic (exact) mass is 442 g/mol. The van der Waals surface area contributed by atoms with Crippen LogP contribution in [0.2, 0.25) is 0 Å². The summed E-state index contributed by atoms with van der Waals surface area (Å²) in [5.74, 6) is 0. The molecule has 0 fully saturated rings. The number of aromatic nitrogens is 6. The smallest absolute Gasteiger partial charge is 0.221 e. The highest BCUT2D eigenvalue weighted by atomic mass is 31.2. The molecule has 0 atom stereocenters. The maximum Gasteiger partial charge on any atom is 0.221 e. The summed E-state index contributed by atoms with van der Waals surface area (Å²) in [5, 5.41) is 9.53. The van der Waals surface area contributed by atoms with Crippen LogP contribution in [0.25, 0.3) is 22.2 Å². The fraction of sp³-hybridized carbons (Fsp3) is 0.208. The quantitative estimate of drug-likeness (QED) is 0.359. The summed E-state index contributed by atoms with van der Waals surface area (Å²) in [4.78, 5) is 13.6. The molecule has 0 aliphatic rings. The summed E-state index contributed by atoms with van der Waals surface area (Å²) >= 11 is 0. The van der Waals surface area contributed by atoms with Crippen molar-refractivity contribution in [2.75, 3.05) is 13.3 Å². The molecule has 3 heterocycles. The van der Waals surface area contributed by atoms with Gasteiger partial charge < -0.3 is 4.57 Å². The molecule has 0 unspecified atom stereocenters. The molecule has 3 aromatic heterocycles. The maximum absolute atomic E-state index is 12.1. The minimum atomic E-state index is -2.08. The van der Waals surface area contributed by atoms with E-state index >= 15 is 0 Å². The first-order valence-corrected chi connectivity index (χ1v) is 13.2. The first-order chi connectivity index (χ1) is 15.4. The van der Waals surface area contributed by atoms with E-state index in [1.54, 1.807) is 17.1 Å². The standard InChI is InChI=1S/C24H23N6OP/c1-32(2,31)16-18-7-5-17(6-8-18)13-21-14-26-23-24(27-21)30(29-28-23)15-19-9-10-22-20(12-19)4-3-11-25-22/h3-12,14H,13,15-16H2,1-2H3. The summed E-state index contributed by atoms with van der Waals surface area (Å²) < 4.78 is 13.8. The van der Waals surface area contributed by atoms with Gasteiger partial charge in [-0.1, -0.05) is 41.6 Å². The highest BCUT2D eigenvalue weighted by Gasteiger charge is 2.11. The van der Waals surface area contributed by atoms with Crippen LogP contribution in [0.3, 0.4) is 0 Å². The molecule has 0 spiro atoms. The topological polar surface area (TPSA) is 86.5 Å². The molecule has 0 aliphatic heterocycles. The van der Waals surface area contributed by atoms with Crippen molar-refractivity contribution in [3.63, 3.8) is 0 Å². The van der Waals surface area contributed by atoms with E-state index in [4.69, 9.17) is 4.98 Å². The lowest BCUT2D eigenvalue weighted by Gasteiger charge is -2.08. The van der Waals surface area contributed by atoms with E-state index < -0.39 is 7.14 Å². The van der Waals surface area contributed by atoms with E-state index in [0.29, 0.717) is 30.4 Å².